The summed E-state index contributed by atoms with van der Waals surface area (Å²) in [6.45, 7) is -0.863. The molecule has 8 heteroatoms. The van der Waals surface area contributed by atoms with Crippen LogP contribution in [0.5, 0.6) is 0 Å². The molecule has 3 N–H and O–H groups in total. The third-order valence-electron chi connectivity index (χ3n) is 0.957. The number of rotatable bonds is 4. The fourth-order valence-corrected chi connectivity index (χ4v) is 1.26. The number of aliphatic hydroxyl groups is 1. The number of nitro groups is 1. The van der Waals surface area contributed by atoms with Crippen molar-refractivity contribution in [1.29, 1.82) is 0 Å². The molecule has 0 saturated heterocycles. The average Bonchev–Trinajstić information content (AvgIpc) is 1.80. The Labute approximate surface area is 62.0 Å². The van der Waals surface area contributed by atoms with Gasteiger partial charge in [-0.05, 0) is 0 Å². The number of hydrogen-bond donors (Lipinski definition) is 3. The lowest BCUT2D eigenvalue weighted by atomic mass is 10.4. The summed E-state index contributed by atoms with van der Waals surface area (Å²) in [6.07, 6.45) is -0.920. The van der Waals surface area contributed by atoms with Crippen molar-refractivity contribution < 1.29 is 24.4 Å². The highest BCUT2D eigenvalue weighted by atomic mass is 31.2. The summed E-state index contributed by atoms with van der Waals surface area (Å²) >= 11 is 0. The topological polar surface area (TPSA) is 121 Å². The van der Waals surface area contributed by atoms with Crippen LogP contribution in [0, 0.1) is 10.1 Å². The molecule has 0 radical (unpaired) electrons. The van der Waals surface area contributed by atoms with E-state index in [-0.39, 0.29) is 0 Å². The second kappa shape index (κ2) is 3.77. The van der Waals surface area contributed by atoms with Crippen LogP contribution < -0.4 is 0 Å². The van der Waals surface area contributed by atoms with Crippen molar-refractivity contribution in [2.24, 2.45) is 0 Å². The first-order valence-corrected chi connectivity index (χ1v) is 4.45. The van der Waals surface area contributed by atoms with Gasteiger partial charge in [0.05, 0.1) is 0 Å². The molecular formula is C3H8NO6P. The van der Waals surface area contributed by atoms with Crippen molar-refractivity contribution in [3.63, 3.8) is 0 Å². The molecule has 0 aliphatic heterocycles. The molecule has 0 rings (SSSR count). The van der Waals surface area contributed by atoms with Crippen molar-refractivity contribution >= 4 is 7.60 Å². The minimum atomic E-state index is -4.39. The van der Waals surface area contributed by atoms with E-state index in [4.69, 9.17) is 14.9 Å². The highest BCUT2D eigenvalue weighted by Crippen LogP contribution is 2.35. The van der Waals surface area contributed by atoms with Crippen LogP contribution >= 0.6 is 7.60 Å². The molecule has 0 spiro atoms. The zero-order chi connectivity index (χ0) is 9.07. The normalized spacial score (nSPS) is 14.5. The summed E-state index contributed by atoms with van der Waals surface area (Å²) in [5.41, 5.74) is 0. The second-order valence-corrected chi connectivity index (χ2v) is 3.66. The first-order valence-electron chi connectivity index (χ1n) is 2.65. The van der Waals surface area contributed by atoms with Gasteiger partial charge in [0.1, 0.15) is 12.8 Å². The van der Waals surface area contributed by atoms with Crippen LogP contribution in [0.1, 0.15) is 0 Å². The van der Waals surface area contributed by atoms with Crippen LogP contribution in [0.4, 0.5) is 0 Å². The molecule has 0 amide bonds. The number of nitrogens with zero attached hydrogens (tertiary/aromatic N) is 1. The lowest BCUT2D eigenvalue weighted by Crippen LogP contribution is -2.27. The van der Waals surface area contributed by atoms with Gasteiger partial charge in [0, 0.05) is 4.92 Å². The Bertz CT molecular complexity index is 186. The maximum Gasteiger partial charge on any atom is 0.332 e. The van der Waals surface area contributed by atoms with Crippen molar-refractivity contribution in [3.05, 3.63) is 10.1 Å². The van der Waals surface area contributed by atoms with Crippen LogP contribution in [0.3, 0.4) is 0 Å². The van der Waals surface area contributed by atoms with E-state index < -0.39 is 31.3 Å². The Morgan fingerprint density at radius 1 is 1.55 bits per heavy atom. The van der Waals surface area contributed by atoms with Gasteiger partial charge in [-0.2, -0.15) is 0 Å². The predicted octanol–water partition coefficient (Wildman–Crippen LogP) is -1.20. The Kier molecular flexibility index (Phi) is 3.61. The fraction of sp³-hybridized carbons (Fsp3) is 1.00. The summed E-state index contributed by atoms with van der Waals surface area (Å²) in [4.78, 5) is 25.5. The lowest BCUT2D eigenvalue weighted by molar-refractivity contribution is -0.520. The van der Waals surface area contributed by atoms with Crippen molar-refractivity contribution in [1.82, 2.24) is 0 Å². The van der Waals surface area contributed by atoms with Crippen LogP contribution in [0.25, 0.3) is 0 Å². The zero-order valence-corrected chi connectivity index (χ0v) is 6.35. The van der Waals surface area contributed by atoms with Crippen LogP contribution in [0.2, 0.25) is 0 Å². The molecule has 0 aromatic heterocycles. The molecule has 0 fully saturated rings. The van der Waals surface area contributed by atoms with Gasteiger partial charge in [0.25, 0.3) is 0 Å². The van der Waals surface area contributed by atoms with E-state index in [1.807, 2.05) is 0 Å². The van der Waals surface area contributed by atoms with E-state index in [9.17, 15) is 14.7 Å². The predicted molar refractivity (Wildman–Crippen MR) is 34.8 cm³/mol. The summed E-state index contributed by atoms with van der Waals surface area (Å²) in [5, 5.41) is 18.2. The molecule has 0 heterocycles. The van der Waals surface area contributed by atoms with E-state index in [1.165, 1.54) is 0 Å². The first kappa shape index (κ1) is 10.5. The molecule has 0 aliphatic carbocycles. The third kappa shape index (κ3) is 4.86. The molecule has 7 nitrogen and oxygen atoms in total. The Balaban J connectivity index is 4.10. The molecule has 66 valence electrons. The molecule has 11 heavy (non-hydrogen) atoms. The molecular weight excluding hydrogens is 177 g/mol. The largest absolute Gasteiger partial charge is 0.389 e. The minimum Gasteiger partial charge on any atom is -0.389 e. The van der Waals surface area contributed by atoms with Gasteiger partial charge < -0.3 is 14.9 Å². The van der Waals surface area contributed by atoms with Crippen molar-refractivity contribution in [3.8, 4) is 0 Å². The highest BCUT2D eigenvalue weighted by Gasteiger charge is 2.28. The van der Waals surface area contributed by atoms with E-state index in [1.54, 1.807) is 0 Å². The van der Waals surface area contributed by atoms with E-state index >= 15 is 0 Å². The van der Waals surface area contributed by atoms with Gasteiger partial charge >= 0.3 is 7.60 Å². The van der Waals surface area contributed by atoms with Gasteiger partial charge in [-0.25, -0.2) is 0 Å². The quantitative estimate of drug-likeness (QED) is 0.287. The summed E-state index contributed by atoms with van der Waals surface area (Å²) < 4.78 is 10.2. The Hall–Kier alpha value is -0.490. The lowest BCUT2D eigenvalue weighted by Gasteiger charge is -2.06. The van der Waals surface area contributed by atoms with E-state index in [0.29, 0.717) is 0 Å². The second-order valence-electron chi connectivity index (χ2n) is 1.97. The van der Waals surface area contributed by atoms with Gasteiger partial charge in [0.2, 0.25) is 6.04 Å². The molecule has 1 unspecified atom stereocenters. The van der Waals surface area contributed by atoms with Gasteiger partial charge in [0.15, 0.2) is 0 Å². The Morgan fingerprint density at radius 2 is 2.00 bits per heavy atom. The molecule has 0 saturated carbocycles. The SMILES string of the molecule is O=[N+]([O-])C(CO)CP(=O)(O)O. The maximum absolute atomic E-state index is 10.2. The van der Waals surface area contributed by atoms with Crippen LogP contribution in [-0.2, 0) is 4.57 Å². The third-order valence-corrected chi connectivity index (χ3v) is 1.85. The monoisotopic (exact) mass is 185 g/mol. The highest BCUT2D eigenvalue weighted by molar-refractivity contribution is 7.51. The van der Waals surface area contributed by atoms with Crippen LogP contribution in [-0.4, -0.2) is 38.6 Å². The molecule has 0 aliphatic rings. The zero-order valence-electron chi connectivity index (χ0n) is 5.45. The van der Waals surface area contributed by atoms with Gasteiger partial charge in [-0.3, -0.25) is 14.7 Å². The smallest absolute Gasteiger partial charge is 0.332 e. The molecule has 0 aromatic rings. The summed E-state index contributed by atoms with van der Waals surface area (Å²) in [5.74, 6) is 0. The number of hydrogen-bond acceptors (Lipinski definition) is 4. The fourth-order valence-electron chi connectivity index (χ4n) is 0.466. The minimum absolute atomic E-state index is 0.863. The van der Waals surface area contributed by atoms with Crippen LogP contribution in [0.15, 0.2) is 0 Å². The average molecular weight is 185 g/mol. The van der Waals surface area contributed by atoms with Crippen molar-refractivity contribution in [2.75, 3.05) is 12.8 Å². The van der Waals surface area contributed by atoms with E-state index in [2.05, 4.69) is 0 Å². The number of aliphatic hydroxyl groups excluding tert-OH is 1. The first-order chi connectivity index (χ1) is 4.87. The summed E-state index contributed by atoms with van der Waals surface area (Å²) in [6, 6.07) is -1.57. The van der Waals surface area contributed by atoms with Crippen molar-refractivity contribution in [2.45, 2.75) is 6.04 Å². The van der Waals surface area contributed by atoms with E-state index in [0.717, 1.165) is 0 Å². The summed E-state index contributed by atoms with van der Waals surface area (Å²) in [7, 11) is -4.39. The molecule has 0 aromatic carbocycles. The van der Waals surface area contributed by atoms with Gasteiger partial charge in [-0.1, -0.05) is 0 Å². The standard InChI is InChI=1S/C3H8NO6P/c5-1-3(4(6)7)2-11(8,9)10/h3,5H,1-2H2,(H2,8,9,10). The van der Waals surface area contributed by atoms with Gasteiger partial charge in [-0.15, -0.1) is 0 Å². The maximum atomic E-state index is 10.2. The molecule has 0 bridgehead atoms. The Morgan fingerprint density at radius 3 is 2.09 bits per heavy atom. The molecule has 1 atom stereocenters.